The van der Waals surface area contributed by atoms with Crippen molar-refractivity contribution in [3.8, 4) is 0 Å². The minimum absolute atomic E-state index is 0.134. The van der Waals surface area contributed by atoms with Crippen molar-refractivity contribution in [1.82, 2.24) is 0 Å². The molecule has 1 saturated heterocycles. The summed E-state index contributed by atoms with van der Waals surface area (Å²) in [6.07, 6.45) is 0. The zero-order chi connectivity index (χ0) is 20.7. The molecule has 1 amide bonds. The Kier molecular flexibility index (Phi) is 4.76. The van der Waals surface area contributed by atoms with E-state index < -0.39 is 29.4 Å². The number of hydrogen-bond acceptors (Lipinski definition) is 4. The van der Waals surface area contributed by atoms with E-state index in [9.17, 15) is 23.5 Å². The summed E-state index contributed by atoms with van der Waals surface area (Å²) in [6, 6.07) is 12.0. The highest BCUT2D eigenvalue weighted by atomic mass is 32.1. The van der Waals surface area contributed by atoms with Crippen molar-refractivity contribution in [3.05, 3.63) is 93.2 Å². The third kappa shape index (κ3) is 3.23. The summed E-state index contributed by atoms with van der Waals surface area (Å²) in [4.78, 5) is 27.2. The molecular formula is C22H15F2NO3S. The van der Waals surface area contributed by atoms with Gasteiger partial charge in [0.15, 0.2) is 0 Å². The number of aliphatic hydroxyl groups excluding tert-OH is 1. The van der Waals surface area contributed by atoms with Gasteiger partial charge in [-0.2, -0.15) is 0 Å². The predicted octanol–water partition coefficient (Wildman–Crippen LogP) is 4.96. The maximum atomic E-state index is 14.5. The van der Waals surface area contributed by atoms with E-state index in [2.05, 4.69) is 0 Å². The Bertz CT molecular complexity index is 1140. The molecule has 0 saturated carbocycles. The van der Waals surface area contributed by atoms with Gasteiger partial charge in [-0.25, -0.2) is 8.78 Å². The smallest absolute Gasteiger partial charge is 0.300 e. The Labute approximate surface area is 169 Å². The minimum Gasteiger partial charge on any atom is -0.507 e. The van der Waals surface area contributed by atoms with Crippen LogP contribution in [0.3, 0.4) is 0 Å². The first-order chi connectivity index (χ1) is 13.9. The van der Waals surface area contributed by atoms with Crippen LogP contribution >= 0.6 is 11.3 Å². The fraction of sp³-hybridized carbons (Fsp3) is 0.0909. The molecule has 0 aliphatic carbocycles. The number of thiophene rings is 1. The third-order valence-corrected chi connectivity index (χ3v) is 5.68. The number of ketones is 1. The highest BCUT2D eigenvalue weighted by Gasteiger charge is 2.48. The van der Waals surface area contributed by atoms with Gasteiger partial charge in [0.25, 0.3) is 11.7 Å². The molecule has 1 fully saturated rings. The van der Waals surface area contributed by atoms with E-state index in [1.165, 1.54) is 11.3 Å². The topological polar surface area (TPSA) is 57.6 Å². The first-order valence-corrected chi connectivity index (χ1v) is 9.63. The molecule has 2 aromatic carbocycles. The van der Waals surface area contributed by atoms with Crippen molar-refractivity contribution in [1.29, 1.82) is 0 Å². The second-order valence-corrected chi connectivity index (χ2v) is 7.63. The second kappa shape index (κ2) is 7.25. The van der Waals surface area contributed by atoms with Gasteiger partial charge in [-0.1, -0.05) is 35.9 Å². The van der Waals surface area contributed by atoms with Gasteiger partial charge in [0, 0.05) is 16.5 Å². The summed E-state index contributed by atoms with van der Waals surface area (Å²) in [6.45, 7) is 1.88. The van der Waals surface area contributed by atoms with Crippen molar-refractivity contribution in [2.75, 3.05) is 4.90 Å². The molecule has 3 aromatic rings. The molecule has 2 heterocycles. The Morgan fingerprint density at radius 3 is 2.41 bits per heavy atom. The minimum atomic E-state index is -1.02. The molecule has 1 atom stereocenters. The number of carbonyl (C=O) groups is 2. The van der Waals surface area contributed by atoms with Crippen LogP contribution in [0.25, 0.3) is 5.76 Å². The molecule has 29 heavy (non-hydrogen) atoms. The summed E-state index contributed by atoms with van der Waals surface area (Å²) in [5.41, 5.74) is 0.972. The van der Waals surface area contributed by atoms with Crippen LogP contribution in [-0.2, 0) is 9.59 Å². The molecule has 1 N–H and O–H groups in total. The molecule has 4 rings (SSSR count). The van der Waals surface area contributed by atoms with Crippen LogP contribution in [0.5, 0.6) is 0 Å². The molecule has 1 unspecified atom stereocenters. The summed E-state index contributed by atoms with van der Waals surface area (Å²) in [5.74, 6) is -4.02. The first-order valence-electron chi connectivity index (χ1n) is 8.75. The summed E-state index contributed by atoms with van der Waals surface area (Å²) in [5, 5.41) is 12.6. The van der Waals surface area contributed by atoms with Crippen LogP contribution in [0.4, 0.5) is 14.5 Å². The van der Waals surface area contributed by atoms with Gasteiger partial charge in [-0.15, -0.1) is 11.3 Å². The number of hydrogen-bond donors (Lipinski definition) is 1. The normalized spacial score (nSPS) is 18.4. The lowest BCUT2D eigenvalue weighted by molar-refractivity contribution is -0.132. The van der Waals surface area contributed by atoms with E-state index in [-0.39, 0.29) is 17.0 Å². The van der Waals surface area contributed by atoms with E-state index >= 15 is 0 Å². The van der Waals surface area contributed by atoms with E-state index in [0.717, 1.165) is 22.6 Å². The van der Waals surface area contributed by atoms with Gasteiger partial charge >= 0.3 is 0 Å². The molecule has 0 spiro atoms. The summed E-state index contributed by atoms with van der Waals surface area (Å²) in [7, 11) is 0. The lowest BCUT2D eigenvalue weighted by Gasteiger charge is -2.24. The average molecular weight is 411 g/mol. The summed E-state index contributed by atoms with van der Waals surface area (Å²) >= 11 is 1.26. The lowest BCUT2D eigenvalue weighted by atomic mass is 9.99. The second-order valence-electron chi connectivity index (χ2n) is 6.65. The maximum Gasteiger partial charge on any atom is 0.300 e. The number of carbonyl (C=O) groups excluding carboxylic acids is 2. The van der Waals surface area contributed by atoms with E-state index in [0.29, 0.717) is 16.5 Å². The summed E-state index contributed by atoms with van der Waals surface area (Å²) < 4.78 is 27.9. The Morgan fingerprint density at radius 2 is 1.79 bits per heavy atom. The van der Waals surface area contributed by atoms with Crippen LogP contribution < -0.4 is 4.90 Å². The van der Waals surface area contributed by atoms with Gasteiger partial charge < -0.3 is 5.11 Å². The van der Waals surface area contributed by atoms with Crippen LogP contribution in [0.2, 0.25) is 0 Å². The van der Waals surface area contributed by atoms with Gasteiger partial charge in [-0.05, 0) is 30.5 Å². The van der Waals surface area contributed by atoms with Gasteiger partial charge in [0.1, 0.15) is 23.4 Å². The Morgan fingerprint density at radius 1 is 1.07 bits per heavy atom. The third-order valence-electron chi connectivity index (χ3n) is 4.75. The van der Waals surface area contributed by atoms with Crippen LogP contribution in [-0.4, -0.2) is 16.8 Å². The molecule has 7 heteroatoms. The fourth-order valence-corrected chi connectivity index (χ4v) is 4.16. The molecule has 146 valence electrons. The van der Waals surface area contributed by atoms with Crippen molar-refractivity contribution in [2.24, 2.45) is 0 Å². The molecule has 1 aliphatic rings. The van der Waals surface area contributed by atoms with Crippen molar-refractivity contribution in [3.63, 3.8) is 0 Å². The van der Waals surface area contributed by atoms with E-state index in [1.54, 1.807) is 41.8 Å². The molecule has 1 aliphatic heterocycles. The van der Waals surface area contributed by atoms with Crippen molar-refractivity contribution < 1.29 is 23.5 Å². The number of halogens is 2. The number of rotatable bonds is 3. The van der Waals surface area contributed by atoms with Crippen molar-refractivity contribution in [2.45, 2.75) is 13.0 Å². The Hall–Kier alpha value is -3.32. The van der Waals surface area contributed by atoms with Gasteiger partial charge in [0.2, 0.25) is 0 Å². The largest absolute Gasteiger partial charge is 0.507 e. The quantitative estimate of drug-likeness (QED) is 0.376. The zero-order valence-corrected chi connectivity index (χ0v) is 16.0. The number of aliphatic hydroxyl groups is 1. The molecular weight excluding hydrogens is 396 g/mol. The highest BCUT2D eigenvalue weighted by Crippen LogP contribution is 2.44. The maximum absolute atomic E-state index is 14.5. The molecule has 0 bridgehead atoms. The van der Waals surface area contributed by atoms with Gasteiger partial charge in [0.05, 0.1) is 11.3 Å². The molecule has 0 radical (unpaired) electrons. The van der Waals surface area contributed by atoms with Gasteiger partial charge in [-0.3, -0.25) is 14.5 Å². The number of anilines is 1. The zero-order valence-electron chi connectivity index (χ0n) is 15.2. The first kappa shape index (κ1) is 19.0. The number of nitrogens with zero attached hydrogens (tertiary/aromatic N) is 1. The number of amides is 1. The standard InChI is InChI=1S/C22H15F2NO3S/c1-12-4-6-13(7-5-12)20(26)18-19(17-3-2-10-29-17)25(22(28)21(18)27)16-9-8-14(23)11-15(16)24/h2-11,19,26H,1H3/b20-18-. The van der Waals surface area contributed by atoms with Crippen LogP contribution in [0.15, 0.2) is 65.6 Å². The van der Waals surface area contributed by atoms with Crippen molar-refractivity contribution >= 4 is 34.5 Å². The Balaban J connectivity index is 1.94. The monoisotopic (exact) mass is 411 g/mol. The highest BCUT2D eigenvalue weighted by molar-refractivity contribution is 7.10. The SMILES string of the molecule is Cc1ccc(/C(O)=C2/C(=O)C(=O)N(c3ccc(F)cc3F)C2c2cccs2)cc1. The number of benzene rings is 2. The molecule has 4 nitrogen and oxygen atoms in total. The average Bonchev–Trinajstić information content (AvgIpc) is 3.30. The predicted molar refractivity (Wildman–Crippen MR) is 107 cm³/mol. The van der Waals surface area contributed by atoms with E-state index in [1.807, 2.05) is 6.92 Å². The fourth-order valence-electron chi connectivity index (χ4n) is 3.34. The van der Waals surface area contributed by atoms with Crippen LogP contribution in [0, 0.1) is 18.6 Å². The van der Waals surface area contributed by atoms with Crippen LogP contribution in [0.1, 0.15) is 22.0 Å². The lowest BCUT2D eigenvalue weighted by Crippen LogP contribution is -2.30. The van der Waals surface area contributed by atoms with E-state index in [4.69, 9.17) is 0 Å². The number of Topliss-reactive ketones (excluding diaryl/α,β-unsaturated/α-hetero) is 1. The number of aryl methyl sites for hydroxylation is 1. The molecule has 1 aromatic heterocycles.